The lowest BCUT2D eigenvalue weighted by Gasteiger charge is -2.18. The van der Waals surface area contributed by atoms with Crippen molar-refractivity contribution in [1.29, 1.82) is 0 Å². The fourth-order valence-corrected chi connectivity index (χ4v) is 2.70. The van der Waals surface area contributed by atoms with Gasteiger partial charge >= 0.3 is 0 Å². The van der Waals surface area contributed by atoms with Crippen molar-refractivity contribution < 1.29 is 13.2 Å². The monoisotopic (exact) mass is 382 g/mol. The molecule has 7 heteroatoms. The SMILES string of the molecule is CN(C(=O)c1ccc(Br)cc1)c1ccc(NS(C)(=O)=O)cc1. The van der Waals surface area contributed by atoms with E-state index in [1.165, 1.54) is 4.90 Å². The number of sulfonamides is 1. The molecule has 0 aromatic heterocycles. The van der Waals surface area contributed by atoms with Crippen LogP contribution in [-0.4, -0.2) is 27.6 Å². The van der Waals surface area contributed by atoms with E-state index < -0.39 is 10.0 Å². The fraction of sp³-hybridized carbons (Fsp3) is 0.133. The average molecular weight is 383 g/mol. The van der Waals surface area contributed by atoms with Crippen molar-refractivity contribution in [3.8, 4) is 0 Å². The van der Waals surface area contributed by atoms with Crippen molar-refractivity contribution in [2.24, 2.45) is 0 Å². The van der Waals surface area contributed by atoms with Crippen molar-refractivity contribution in [2.45, 2.75) is 0 Å². The van der Waals surface area contributed by atoms with Crippen LogP contribution in [0, 0.1) is 0 Å². The van der Waals surface area contributed by atoms with Gasteiger partial charge in [0.15, 0.2) is 0 Å². The fourth-order valence-electron chi connectivity index (χ4n) is 1.87. The molecule has 2 aromatic carbocycles. The normalized spacial score (nSPS) is 11.0. The molecule has 0 unspecified atom stereocenters. The standard InChI is InChI=1S/C15H15BrN2O3S/c1-18(15(19)11-3-5-12(16)6-4-11)14-9-7-13(8-10-14)17-22(2,20)21/h3-10,17H,1-2H3. The number of carbonyl (C=O) groups is 1. The molecule has 1 N–H and O–H groups in total. The molecule has 0 aliphatic rings. The zero-order valence-corrected chi connectivity index (χ0v) is 14.5. The Kier molecular flexibility index (Phi) is 4.87. The number of amides is 1. The predicted octanol–water partition coefficient (Wildman–Crippen LogP) is 3.10. The Balaban J connectivity index is 2.17. The molecule has 0 aliphatic heterocycles. The molecule has 0 aliphatic carbocycles. The van der Waals surface area contributed by atoms with Gasteiger partial charge in [0.25, 0.3) is 5.91 Å². The molecule has 116 valence electrons. The lowest BCUT2D eigenvalue weighted by Crippen LogP contribution is -2.26. The summed E-state index contributed by atoms with van der Waals surface area (Å²) in [5.74, 6) is -0.142. The van der Waals surface area contributed by atoms with Crippen molar-refractivity contribution >= 4 is 43.2 Å². The molecule has 1 amide bonds. The van der Waals surface area contributed by atoms with Gasteiger partial charge in [-0.2, -0.15) is 0 Å². The molecular formula is C15H15BrN2O3S. The Hall–Kier alpha value is -1.86. The summed E-state index contributed by atoms with van der Waals surface area (Å²) in [5.41, 5.74) is 1.70. The lowest BCUT2D eigenvalue weighted by molar-refractivity contribution is 0.0993. The highest BCUT2D eigenvalue weighted by Gasteiger charge is 2.13. The molecule has 0 fully saturated rings. The van der Waals surface area contributed by atoms with Crippen molar-refractivity contribution in [3.05, 3.63) is 58.6 Å². The van der Waals surface area contributed by atoms with E-state index in [0.29, 0.717) is 16.9 Å². The molecule has 2 rings (SSSR count). The van der Waals surface area contributed by atoms with E-state index >= 15 is 0 Å². The maximum absolute atomic E-state index is 12.4. The van der Waals surface area contributed by atoms with Gasteiger partial charge in [-0.15, -0.1) is 0 Å². The minimum atomic E-state index is -3.31. The van der Waals surface area contributed by atoms with Gasteiger partial charge in [0.2, 0.25) is 10.0 Å². The summed E-state index contributed by atoms with van der Waals surface area (Å²) in [6, 6.07) is 13.7. The molecule has 0 bridgehead atoms. The Labute approximate surface area is 138 Å². The zero-order valence-electron chi connectivity index (χ0n) is 12.1. The maximum atomic E-state index is 12.4. The van der Waals surface area contributed by atoms with Crippen LogP contribution in [0.15, 0.2) is 53.0 Å². The molecule has 0 saturated heterocycles. The van der Waals surface area contributed by atoms with E-state index in [1.54, 1.807) is 55.6 Å². The third-order valence-corrected chi connectivity index (χ3v) is 4.09. The molecule has 5 nitrogen and oxygen atoms in total. The highest BCUT2D eigenvalue weighted by molar-refractivity contribution is 9.10. The molecule has 0 heterocycles. The largest absolute Gasteiger partial charge is 0.311 e. The Morgan fingerprint density at radius 2 is 1.59 bits per heavy atom. The summed E-state index contributed by atoms with van der Waals surface area (Å²) in [4.78, 5) is 13.9. The second-order valence-electron chi connectivity index (χ2n) is 4.79. The van der Waals surface area contributed by atoms with Gasteiger partial charge in [-0.1, -0.05) is 15.9 Å². The van der Waals surface area contributed by atoms with E-state index in [2.05, 4.69) is 20.7 Å². The van der Waals surface area contributed by atoms with Crippen LogP contribution in [0.5, 0.6) is 0 Å². The number of halogens is 1. The third-order valence-electron chi connectivity index (χ3n) is 2.95. The summed E-state index contributed by atoms with van der Waals surface area (Å²) in [6.45, 7) is 0. The van der Waals surface area contributed by atoms with Crippen LogP contribution in [0.1, 0.15) is 10.4 Å². The molecule has 0 atom stereocenters. The number of anilines is 2. The van der Waals surface area contributed by atoms with Gasteiger partial charge in [-0.25, -0.2) is 8.42 Å². The Morgan fingerprint density at radius 1 is 1.05 bits per heavy atom. The quantitative estimate of drug-likeness (QED) is 0.883. The number of hydrogen-bond acceptors (Lipinski definition) is 3. The van der Waals surface area contributed by atoms with E-state index in [4.69, 9.17) is 0 Å². The van der Waals surface area contributed by atoms with E-state index in [1.807, 2.05) is 0 Å². The number of rotatable bonds is 4. The van der Waals surface area contributed by atoms with Crippen LogP contribution in [0.25, 0.3) is 0 Å². The van der Waals surface area contributed by atoms with Gasteiger partial charge in [-0.3, -0.25) is 9.52 Å². The first-order valence-corrected chi connectivity index (χ1v) is 9.06. The predicted molar refractivity (Wildman–Crippen MR) is 91.8 cm³/mol. The lowest BCUT2D eigenvalue weighted by atomic mass is 10.2. The van der Waals surface area contributed by atoms with Crippen LogP contribution in [0.2, 0.25) is 0 Å². The molecule has 2 aromatic rings. The average Bonchev–Trinajstić information content (AvgIpc) is 2.46. The van der Waals surface area contributed by atoms with E-state index in [-0.39, 0.29) is 5.91 Å². The Morgan fingerprint density at radius 3 is 2.09 bits per heavy atom. The first kappa shape index (κ1) is 16.5. The summed E-state index contributed by atoms with van der Waals surface area (Å²) in [6.07, 6.45) is 1.09. The van der Waals surface area contributed by atoms with Crippen LogP contribution >= 0.6 is 15.9 Å². The summed E-state index contributed by atoms with van der Waals surface area (Å²) in [5, 5.41) is 0. The second-order valence-corrected chi connectivity index (χ2v) is 7.46. The zero-order chi connectivity index (χ0) is 16.3. The maximum Gasteiger partial charge on any atom is 0.258 e. The van der Waals surface area contributed by atoms with Gasteiger partial charge in [-0.05, 0) is 48.5 Å². The minimum Gasteiger partial charge on any atom is -0.311 e. The molecular weight excluding hydrogens is 368 g/mol. The first-order chi connectivity index (χ1) is 10.3. The van der Waals surface area contributed by atoms with Crippen molar-refractivity contribution in [3.63, 3.8) is 0 Å². The Bertz CT molecular complexity index is 771. The molecule has 0 saturated carbocycles. The van der Waals surface area contributed by atoms with Gasteiger partial charge < -0.3 is 4.90 Å². The van der Waals surface area contributed by atoms with Crippen molar-refractivity contribution in [2.75, 3.05) is 22.9 Å². The summed E-state index contributed by atoms with van der Waals surface area (Å²) >= 11 is 3.33. The van der Waals surface area contributed by atoms with E-state index in [9.17, 15) is 13.2 Å². The highest BCUT2D eigenvalue weighted by Crippen LogP contribution is 2.20. The van der Waals surface area contributed by atoms with Crippen LogP contribution in [0.3, 0.4) is 0 Å². The van der Waals surface area contributed by atoms with Crippen LogP contribution in [0.4, 0.5) is 11.4 Å². The summed E-state index contributed by atoms with van der Waals surface area (Å²) in [7, 11) is -1.64. The molecule has 0 spiro atoms. The number of benzene rings is 2. The highest BCUT2D eigenvalue weighted by atomic mass is 79.9. The number of nitrogens with zero attached hydrogens (tertiary/aromatic N) is 1. The number of nitrogens with one attached hydrogen (secondary N) is 1. The number of hydrogen-bond donors (Lipinski definition) is 1. The second kappa shape index (κ2) is 6.50. The van der Waals surface area contributed by atoms with E-state index in [0.717, 1.165) is 10.7 Å². The summed E-state index contributed by atoms with van der Waals surface area (Å²) < 4.78 is 25.6. The van der Waals surface area contributed by atoms with Crippen molar-refractivity contribution in [1.82, 2.24) is 0 Å². The van der Waals surface area contributed by atoms with Gasteiger partial charge in [0, 0.05) is 28.5 Å². The molecule has 22 heavy (non-hydrogen) atoms. The van der Waals surface area contributed by atoms with Gasteiger partial charge in [0.05, 0.1) is 6.26 Å². The molecule has 0 radical (unpaired) electrons. The van der Waals surface area contributed by atoms with Crippen LogP contribution < -0.4 is 9.62 Å². The first-order valence-electron chi connectivity index (χ1n) is 6.38. The van der Waals surface area contributed by atoms with Crippen LogP contribution in [-0.2, 0) is 10.0 Å². The number of carbonyl (C=O) groups excluding carboxylic acids is 1. The van der Waals surface area contributed by atoms with Gasteiger partial charge in [0.1, 0.15) is 0 Å². The third kappa shape index (κ3) is 4.32. The minimum absolute atomic E-state index is 0.142. The topological polar surface area (TPSA) is 66.5 Å². The smallest absolute Gasteiger partial charge is 0.258 e.